The second-order valence-electron chi connectivity index (χ2n) is 4.02. The Kier molecular flexibility index (Phi) is 3.18. The number of hydrogen-bond acceptors (Lipinski definition) is 4. The maximum absolute atomic E-state index is 12.0. The van der Waals surface area contributed by atoms with Crippen molar-refractivity contribution in [2.24, 2.45) is 0 Å². The molecule has 2 rings (SSSR count). The molecular formula is C12H15N5O. The highest BCUT2D eigenvalue weighted by atomic mass is 16.1. The number of H-pyrrole nitrogens is 1. The topological polar surface area (TPSA) is 110 Å². The van der Waals surface area contributed by atoms with Crippen LogP contribution >= 0.6 is 0 Å². The van der Waals surface area contributed by atoms with Crippen molar-refractivity contribution in [2.45, 2.75) is 13.0 Å². The van der Waals surface area contributed by atoms with Crippen molar-refractivity contribution >= 4 is 17.3 Å². The number of amides is 1. The van der Waals surface area contributed by atoms with E-state index in [0.717, 1.165) is 0 Å². The molecule has 0 saturated carbocycles. The summed E-state index contributed by atoms with van der Waals surface area (Å²) in [6.45, 7) is 1.84. The van der Waals surface area contributed by atoms with Crippen LogP contribution in [0.3, 0.4) is 0 Å². The molecule has 94 valence electrons. The summed E-state index contributed by atoms with van der Waals surface area (Å²) in [6.07, 6.45) is 3.34. The molecule has 18 heavy (non-hydrogen) atoms. The predicted octanol–water partition coefficient (Wildman–Crippen LogP) is 1.07. The molecule has 0 aliphatic carbocycles. The minimum Gasteiger partial charge on any atom is -0.399 e. The van der Waals surface area contributed by atoms with Crippen LogP contribution < -0.4 is 16.8 Å². The first-order valence-corrected chi connectivity index (χ1v) is 5.53. The highest BCUT2D eigenvalue weighted by Gasteiger charge is 2.14. The maximum Gasteiger partial charge on any atom is 0.253 e. The van der Waals surface area contributed by atoms with Crippen molar-refractivity contribution in [3.63, 3.8) is 0 Å². The lowest BCUT2D eigenvalue weighted by Gasteiger charge is -2.12. The lowest BCUT2D eigenvalue weighted by atomic mass is 10.1. The van der Waals surface area contributed by atoms with Crippen LogP contribution in [0.1, 0.15) is 29.1 Å². The lowest BCUT2D eigenvalue weighted by molar-refractivity contribution is 0.0939. The molecule has 6 N–H and O–H groups in total. The first kappa shape index (κ1) is 12.0. The molecule has 1 aromatic carbocycles. The van der Waals surface area contributed by atoms with Gasteiger partial charge in [0.25, 0.3) is 5.91 Å². The number of benzene rings is 1. The van der Waals surface area contributed by atoms with E-state index in [0.29, 0.717) is 22.8 Å². The van der Waals surface area contributed by atoms with Gasteiger partial charge < -0.3 is 21.8 Å². The summed E-state index contributed by atoms with van der Waals surface area (Å²) in [5.74, 6) is 0.439. The van der Waals surface area contributed by atoms with Crippen LogP contribution in [0.2, 0.25) is 0 Å². The van der Waals surface area contributed by atoms with Crippen LogP contribution in [-0.4, -0.2) is 15.9 Å². The van der Waals surface area contributed by atoms with Crippen molar-refractivity contribution in [3.05, 3.63) is 42.0 Å². The van der Waals surface area contributed by atoms with Crippen LogP contribution in [0.15, 0.2) is 30.6 Å². The third-order valence-corrected chi connectivity index (χ3v) is 2.60. The molecule has 0 radical (unpaired) electrons. The van der Waals surface area contributed by atoms with Crippen LogP contribution in [0.25, 0.3) is 0 Å². The van der Waals surface area contributed by atoms with E-state index in [1.165, 1.54) is 0 Å². The molecule has 1 aromatic heterocycles. The summed E-state index contributed by atoms with van der Waals surface area (Å²) in [7, 11) is 0. The molecule has 0 aliphatic heterocycles. The zero-order valence-corrected chi connectivity index (χ0v) is 9.97. The third-order valence-electron chi connectivity index (χ3n) is 2.60. The molecular weight excluding hydrogens is 230 g/mol. The summed E-state index contributed by atoms with van der Waals surface area (Å²) < 4.78 is 0. The van der Waals surface area contributed by atoms with Gasteiger partial charge in [-0.2, -0.15) is 0 Å². The van der Waals surface area contributed by atoms with Gasteiger partial charge in [-0.3, -0.25) is 4.79 Å². The first-order chi connectivity index (χ1) is 8.58. The van der Waals surface area contributed by atoms with Gasteiger partial charge >= 0.3 is 0 Å². The normalized spacial score (nSPS) is 12.1. The van der Waals surface area contributed by atoms with E-state index in [-0.39, 0.29) is 11.9 Å². The Morgan fingerprint density at radius 1 is 1.44 bits per heavy atom. The summed E-state index contributed by atoms with van der Waals surface area (Å²) in [4.78, 5) is 19.0. The fourth-order valence-corrected chi connectivity index (χ4v) is 1.65. The van der Waals surface area contributed by atoms with Crippen molar-refractivity contribution < 1.29 is 4.79 Å². The number of imidazole rings is 1. The average Bonchev–Trinajstić information content (AvgIpc) is 2.81. The van der Waals surface area contributed by atoms with Crippen LogP contribution in [-0.2, 0) is 0 Å². The summed E-state index contributed by atoms with van der Waals surface area (Å²) in [6, 6.07) is 4.59. The number of aromatic nitrogens is 2. The molecule has 1 atom stereocenters. The number of nitrogens with two attached hydrogens (primary N) is 2. The Bertz CT molecular complexity index is 550. The number of carbonyl (C=O) groups is 1. The van der Waals surface area contributed by atoms with Crippen LogP contribution in [0, 0.1) is 0 Å². The molecule has 2 aromatic rings. The SMILES string of the molecule is CC(NC(=O)c1ccc(N)cc1N)c1ncc[nH]1. The highest BCUT2D eigenvalue weighted by molar-refractivity contribution is 5.99. The molecule has 6 nitrogen and oxygen atoms in total. The summed E-state index contributed by atoms with van der Waals surface area (Å²) in [5.41, 5.74) is 12.6. The van der Waals surface area contributed by atoms with Gasteiger partial charge in [-0.15, -0.1) is 0 Å². The van der Waals surface area contributed by atoms with Crippen LogP contribution in [0.5, 0.6) is 0 Å². The predicted molar refractivity (Wildman–Crippen MR) is 69.7 cm³/mol. The minimum absolute atomic E-state index is 0.218. The van der Waals surface area contributed by atoms with Crippen LogP contribution in [0.4, 0.5) is 11.4 Å². The van der Waals surface area contributed by atoms with E-state index in [9.17, 15) is 4.79 Å². The number of aromatic amines is 1. The van der Waals surface area contributed by atoms with Crippen molar-refractivity contribution in [3.8, 4) is 0 Å². The highest BCUT2D eigenvalue weighted by Crippen LogP contribution is 2.16. The van der Waals surface area contributed by atoms with Gasteiger partial charge in [0.05, 0.1) is 11.6 Å². The van der Waals surface area contributed by atoms with Crippen molar-refractivity contribution in [1.82, 2.24) is 15.3 Å². The molecule has 1 unspecified atom stereocenters. The lowest BCUT2D eigenvalue weighted by Crippen LogP contribution is -2.28. The van der Waals surface area contributed by atoms with Gasteiger partial charge in [0.2, 0.25) is 0 Å². The minimum atomic E-state index is -0.253. The van der Waals surface area contributed by atoms with E-state index < -0.39 is 0 Å². The summed E-state index contributed by atoms with van der Waals surface area (Å²) >= 11 is 0. The zero-order chi connectivity index (χ0) is 13.1. The van der Waals surface area contributed by atoms with E-state index in [2.05, 4.69) is 15.3 Å². The molecule has 1 heterocycles. The third kappa shape index (κ3) is 2.42. The number of carbonyl (C=O) groups excluding carboxylic acids is 1. The monoisotopic (exact) mass is 245 g/mol. The van der Waals surface area contributed by atoms with E-state index in [4.69, 9.17) is 11.5 Å². The van der Waals surface area contributed by atoms with Crippen molar-refractivity contribution in [1.29, 1.82) is 0 Å². The molecule has 1 amide bonds. The second kappa shape index (κ2) is 4.79. The number of rotatable bonds is 3. The number of anilines is 2. The Morgan fingerprint density at radius 3 is 2.83 bits per heavy atom. The maximum atomic E-state index is 12.0. The van der Waals surface area contributed by atoms with Gasteiger partial charge in [0.15, 0.2) is 0 Å². The fraction of sp³-hybridized carbons (Fsp3) is 0.167. The largest absolute Gasteiger partial charge is 0.399 e. The smallest absolute Gasteiger partial charge is 0.253 e. The standard InChI is InChI=1S/C12H15N5O/c1-7(11-15-4-5-16-11)17-12(18)9-3-2-8(13)6-10(9)14/h2-7H,13-14H2,1H3,(H,15,16)(H,17,18). The molecule has 0 saturated heterocycles. The number of nitrogens with zero attached hydrogens (tertiary/aromatic N) is 1. The molecule has 0 bridgehead atoms. The van der Waals surface area contributed by atoms with E-state index in [1.54, 1.807) is 30.6 Å². The number of nitrogen functional groups attached to an aromatic ring is 2. The second-order valence-corrected chi connectivity index (χ2v) is 4.02. The van der Waals surface area contributed by atoms with E-state index >= 15 is 0 Å². The van der Waals surface area contributed by atoms with E-state index in [1.807, 2.05) is 6.92 Å². The van der Waals surface area contributed by atoms with Gasteiger partial charge in [0.1, 0.15) is 5.82 Å². The van der Waals surface area contributed by atoms with Gasteiger partial charge in [-0.25, -0.2) is 4.98 Å². The molecule has 0 spiro atoms. The van der Waals surface area contributed by atoms with Gasteiger partial charge in [-0.05, 0) is 25.1 Å². The Morgan fingerprint density at radius 2 is 2.22 bits per heavy atom. The Balaban J connectivity index is 2.12. The molecule has 0 aliphatic rings. The Hall–Kier alpha value is -2.50. The average molecular weight is 245 g/mol. The molecule has 6 heteroatoms. The number of hydrogen-bond donors (Lipinski definition) is 4. The van der Waals surface area contributed by atoms with Gasteiger partial charge in [0, 0.05) is 23.8 Å². The quantitative estimate of drug-likeness (QED) is 0.606. The number of nitrogens with one attached hydrogen (secondary N) is 2. The summed E-state index contributed by atoms with van der Waals surface area (Å²) in [5, 5.41) is 2.81. The fourth-order valence-electron chi connectivity index (χ4n) is 1.65. The zero-order valence-electron chi connectivity index (χ0n) is 9.97. The molecule has 0 fully saturated rings. The Labute approximate surface area is 104 Å². The first-order valence-electron chi connectivity index (χ1n) is 5.53. The van der Waals surface area contributed by atoms with Gasteiger partial charge in [-0.1, -0.05) is 0 Å². The van der Waals surface area contributed by atoms with Crippen molar-refractivity contribution in [2.75, 3.05) is 11.5 Å².